The van der Waals surface area contributed by atoms with Crippen LogP contribution in [0.3, 0.4) is 0 Å². The summed E-state index contributed by atoms with van der Waals surface area (Å²) in [5, 5.41) is 8.90. The van der Waals surface area contributed by atoms with Gasteiger partial charge in [-0.25, -0.2) is 4.39 Å². The van der Waals surface area contributed by atoms with Crippen molar-refractivity contribution in [2.75, 3.05) is 0 Å². The van der Waals surface area contributed by atoms with Gasteiger partial charge in [0.2, 0.25) is 0 Å². The fraction of sp³-hybridized carbons (Fsp3) is 0.786. The molecule has 3 heteroatoms. The van der Waals surface area contributed by atoms with E-state index in [4.69, 9.17) is 5.11 Å². The molecule has 1 rings (SSSR count). The Labute approximate surface area is 103 Å². The molecule has 0 bridgehead atoms. The van der Waals surface area contributed by atoms with Crippen molar-refractivity contribution in [2.45, 2.75) is 52.9 Å². The molecule has 0 aromatic carbocycles. The van der Waals surface area contributed by atoms with Gasteiger partial charge in [0.1, 0.15) is 0 Å². The van der Waals surface area contributed by atoms with E-state index in [9.17, 15) is 9.18 Å². The smallest absolute Gasteiger partial charge is 0.304 e. The molecule has 1 saturated carbocycles. The molecule has 0 unspecified atom stereocenters. The van der Waals surface area contributed by atoms with Gasteiger partial charge in [0.15, 0.2) is 0 Å². The van der Waals surface area contributed by atoms with Crippen molar-refractivity contribution in [3.63, 3.8) is 0 Å². The highest BCUT2D eigenvalue weighted by Crippen LogP contribution is 2.50. The number of hydrogen-bond donors (Lipinski definition) is 1. The van der Waals surface area contributed by atoms with Gasteiger partial charge in [0.25, 0.3) is 0 Å². The van der Waals surface area contributed by atoms with Gasteiger partial charge in [-0.15, -0.1) is 0 Å². The maximum atomic E-state index is 13.6. The van der Waals surface area contributed by atoms with Gasteiger partial charge in [-0.3, -0.25) is 4.79 Å². The average Bonchev–Trinajstić information content (AvgIpc) is 2.15. The summed E-state index contributed by atoms with van der Waals surface area (Å²) in [5.41, 5.74) is -0.597. The Kier molecular flexibility index (Phi) is 4.00. The van der Waals surface area contributed by atoms with Crippen LogP contribution in [0.5, 0.6) is 0 Å². The summed E-state index contributed by atoms with van der Waals surface area (Å²) in [6.07, 6.45) is 2.87. The number of allylic oxidation sites excluding steroid dienone is 1. The van der Waals surface area contributed by atoms with Gasteiger partial charge in [-0.1, -0.05) is 27.4 Å². The van der Waals surface area contributed by atoms with Gasteiger partial charge in [0, 0.05) is 5.41 Å². The minimum Gasteiger partial charge on any atom is -0.481 e. The van der Waals surface area contributed by atoms with Crippen LogP contribution in [0.4, 0.5) is 4.39 Å². The van der Waals surface area contributed by atoms with Crippen LogP contribution in [0.25, 0.3) is 0 Å². The zero-order valence-electron chi connectivity index (χ0n) is 11.1. The molecule has 98 valence electrons. The Balaban J connectivity index is 2.75. The van der Waals surface area contributed by atoms with Gasteiger partial charge in [-0.05, 0) is 37.0 Å². The van der Waals surface area contributed by atoms with Crippen molar-refractivity contribution in [2.24, 2.45) is 16.7 Å². The Hall–Kier alpha value is -0.860. The summed E-state index contributed by atoms with van der Waals surface area (Å²) in [6.45, 7) is 9.92. The zero-order chi connectivity index (χ0) is 13.3. The Morgan fingerprint density at radius 3 is 2.18 bits per heavy atom. The molecule has 1 aliphatic carbocycles. The highest BCUT2D eigenvalue weighted by molar-refractivity contribution is 5.68. The molecular formula is C14H23FO2. The van der Waals surface area contributed by atoms with Crippen LogP contribution in [0.1, 0.15) is 52.9 Å². The number of aliphatic carboxylic acids is 1. The quantitative estimate of drug-likeness (QED) is 0.806. The first-order valence-corrected chi connectivity index (χ1v) is 6.24. The first-order chi connectivity index (χ1) is 7.67. The molecule has 1 N–H and O–H groups in total. The van der Waals surface area contributed by atoms with E-state index in [-0.39, 0.29) is 11.8 Å². The Morgan fingerprint density at radius 1 is 1.41 bits per heavy atom. The molecule has 0 saturated heterocycles. The molecule has 17 heavy (non-hydrogen) atoms. The number of carboxylic acids is 1. The largest absolute Gasteiger partial charge is 0.481 e. The van der Waals surface area contributed by atoms with Crippen LogP contribution < -0.4 is 0 Å². The van der Waals surface area contributed by atoms with Gasteiger partial charge in [-0.2, -0.15) is 0 Å². The summed E-state index contributed by atoms with van der Waals surface area (Å²) in [7, 11) is 0. The number of carbonyl (C=O) groups is 1. The lowest BCUT2D eigenvalue weighted by Crippen LogP contribution is -2.34. The number of carboxylic acid groups (broad SMARTS) is 1. The molecule has 0 heterocycles. The lowest BCUT2D eigenvalue weighted by molar-refractivity contribution is -0.140. The maximum Gasteiger partial charge on any atom is 0.304 e. The highest BCUT2D eigenvalue weighted by atomic mass is 19.1. The first-order valence-electron chi connectivity index (χ1n) is 6.24. The van der Waals surface area contributed by atoms with Crippen molar-refractivity contribution in [3.8, 4) is 0 Å². The van der Waals surface area contributed by atoms with E-state index < -0.39 is 17.2 Å². The minimum absolute atomic E-state index is 0.126. The van der Waals surface area contributed by atoms with Crippen molar-refractivity contribution in [1.82, 2.24) is 0 Å². The first kappa shape index (κ1) is 14.2. The van der Waals surface area contributed by atoms with E-state index in [1.165, 1.54) is 0 Å². The van der Waals surface area contributed by atoms with Crippen LogP contribution in [0.2, 0.25) is 0 Å². The monoisotopic (exact) mass is 242 g/mol. The molecule has 0 spiro atoms. The Morgan fingerprint density at radius 2 is 1.88 bits per heavy atom. The molecular weight excluding hydrogens is 219 g/mol. The summed E-state index contributed by atoms with van der Waals surface area (Å²) in [6, 6.07) is 0. The van der Waals surface area contributed by atoms with Crippen LogP contribution in [0.15, 0.2) is 12.4 Å². The van der Waals surface area contributed by atoms with Crippen molar-refractivity contribution >= 4 is 5.97 Å². The minimum atomic E-state index is -0.932. The number of hydrogen-bond acceptors (Lipinski definition) is 1. The molecule has 0 amide bonds. The van der Waals surface area contributed by atoms with Crippen LogP contribution in [0, 0.1) is 16.7 Å². The topological polar surface area (TPSA) is 37.3 Å². The second-order valence-electron chi connectivity index (χ2n) is 6.40. The third-order valence-electron chi connectivity index (χ3n) is 4.23. The van der Waals surface area contributed by atoms with Gasteiger partial charge in [0.05, 0.1) is 12.2 Å². The van der Waals surface area contributed by atoms with E-state index in [2.05, 4.69) is 27.4 Å². The van der Waals surface area contributed by atoms with E-state index in [0.29, 0.717) is 18.8 Å². The number of rotatable bonds is 3. The molecule has 1 aliphatic rings. The molecule has 0 atom stereocenters. The van der Waals surface area contributed by atoms with E-state index in [1.807, 2.05) is 0 Å². The van der Waals surface area contributed by atoms with Crippen LogP contribution >= 0.6 is 0 Å². The normalized spacial score (nSPS) is 30.0. The predicted octanol–water partition coefficient (Wildman–Crippen LogP) is 4.17. The second kappa shape index (κ2) is 4.79. The summed E-state index contributed by atoms with van der Waals surface area (Å²) < 4.78 is 13.6. The molecule has 0 aromatic heterocycles. The Bertz CT molecular complexity index is 307. The van der Waals surface area contributed by atoms with Crippen LogP contribution in [-0.4, -0.2) is 11.1 Å². The zero-order valence-corrected chi connectivity index (χ0v) is 11.1. The van der Waals surface area contributed by atoms with E-state index >= 15 is 0 Å². The number of halogens is 1. The van der Waals surface area contributed by atoms with E-state index in [0.717, 1.165) is 12.8 Å². The molecule has 2 nitrogen and oxygen atoms in total. The standard InChI is InChI=1S/C14H23FO2/c1-10(15)14(9-12(16)17)7-5-11(6-8-14)13(2,3)4/h11H,1,5-9H2,2-4H3,(H,16,17). The van der Waals surface area contributed by atoms with E-state index in [1.54, 1.807) is 0 Å². The average molecular weight is 242 g/mol. The fourth-order valence-corrected chi connectivity index (χ4v) is 2.87. The van der Waals surface area contributed by atoms with Crippen molar-refractivity contribution < 1.29 is 14.3 Å². The third-order valence-corrected chi connectivity index (χ3v) is 4.23. The molecule has 0 aromatic rings. The lowest BCUT2D eigenvalue weighted by Gasteiger charge is -2.42. The molecule has 1 fully saturated rings. The van der Waals surface area contributed by atoms with Crippen molar-refractivity contribution in [3.05, 3.63) is 12.4 Å². The van der Waals surface area contributed by atoms with Crippen LogP contribution in [-0.2, 0) is 4.79 Å². The molecule has 0 radical (unpaired) electrons. The van der Waals surface area contributed by atoms with Crippen molar-refractivity contribution in [1.29, 1.82) is 0 Å². The second-order valence-corrected chi connectivity index (χ2v) is 6.40. The predicted molar refractivity (Wildman–Crippen MR) is 66.3 cm³/mol. The summed E-state index contributed by atoms with van der Waals surface area (Å²) >= 11 is 0. The summed E-state index contributed by atoms with van der Waals surface area (Å²) in [4.78, 5) is 10.8. The van der Waals surface area contributed by atoms with Gasteiger partial charge < -0.3 is 5.11 Å². The van der Waals surface area contributed by atoms with Gasteiger partial charge >= 0.3 is 5.97 Å². The maximum absolute atomic E-state index is 13.6. The summed E-state index contributed by atoms with van der Waals surface area (Å²) in [5.74, 6) is -0.839. The highest BCUT2D eigenvalue weighted by Gasteiger charge is 2.42. The fourth-order valence-electron chi connectivity index (χ4n) is 2.87. The molecule has 0 aliphatic heterocycles. The lowest BCUT2D eigenvalue weighted by atomic mass is 9.62. The SMILES string of the molecule is C=C(F)C1(CC(=O)O)CCC(C(C)(C)C)CC1. The third kappa shape index (κ3) is 3.30.